The van der Waals surface area contributed by atoms with E-state index in [0.29, 0.717) is 0 Å². The van der Waals surface area contributed by atoms with Gasteiger partial charge in [-0.05, 0) is 25.1 Å². The van der Waals surface area contributed by atoms with Crippen molar-refractivity contribution in [2.75, 3.05) is 36.0 Å². The van der Waals surface area contributed by atoms with E-state index >= 15 is 0 Å². The third kappa shape index (κ3) is 3.04. The largest absolute Gasteiger partial charge is 0.368 e. The fourth-order valence-electron chi connectivity index (χ4n) is 2.47. The Labute approximate surface area is 133 Å². The summed E-state index contributed by atoms with van der Waals surface area (Å²) < 4.78 is 0. The summed E-state index contributed by atoms with van der Waals surface area (Å²) in [6, 6.07) is 7.94. The zero-order valence-corrected chi connectivity index (χ0v) is 13.3. The molecule has 21 heavy (non-hydrogen) atoms. The minimum absolute atomic E-state index is 0.724. The first-order chi connectivity index (χ1) is 10.2. The molecule has 1 aliphatic heterocycles. The monoisotopic (exact) mass is 321 g/mol. The number of hydrogen-bond donors (Lipinski definition) is 0. The SMILES string of the molecule is Cc1nc(N2CCN(c3cccc(Cl)c3)CC2)sc1C=O. The first-order valence-corrected chi connectivity index (χ1v) is 8.05. The highest BCUT2D eigenvalue weighted by Crippen LogP contribution is 2.27. The second-order valence-corrected chi connectivity index (χ2v) is 6.46. The van der Waals surface area contributed by atoms with Gasteiger partial charge in [0, 0.05) is 36.9 Å². The number of aromatic nitrogens is 1. The molecule has 2 aromatic rings. The molecule has 6 heteroatoms. The standard InChI is InChI=1S/C15H16ClN3OS/c1-11-14(10-20)21-15(17-11)19-7-5-18(6-8-19)13-4-2-3-12(16)9-13/h2-4,9-10H,5-8H2,1H3. The van der Waals surface area contributed by atoms with E-state index in [9.17, 15) is 4.79 Å². The zero-order chi connectivity index (χ0) is 14.8. The number of anilines is 2. The van der Waals surface area contributed by atoms with Crippen LogP contribution >= 0.6 is 22.9 Å². The first-order valence-electron chi connectivity index (χ1n) is 6.85. The second-order valence-electron chi connectivity index (χ2n) is 5.02. The Morgan fingerprint density at radius 2 is 1.95 bits per heavy atom. The van der Waals surface area contributed by atoms with Gasteiger partial charge in [-0.15, -0.1) is 0 Å². The minimum atomic E-state index is 0.724. The Balaban J connectivity index is 1.68. The molecule has 0 amide bonds. The van der Waals surface area contributed by atoms with E-state index in [1.165, 1.54) is 11.3 Å². The Morgan fingerprint density at radius 1 is 1.24 bits per heavy atom. The molecule has 1 aromatic carbocycles. The van der Waals surface area contributed by atoms with Gasteiger partial charge < -0.3 is 9.80 Å². The Kier molecular flexibility index (Phi) is 4.12. The summed E-state index contributed by atoms with van der Waals surface area (Å²) in [5.74, 6) is 0. The van der Waals surface area contributed by atoms with Crippen molar-refractivity contribution < 1.29 is 4.79 Å². The number of benzene rings is 1. The topological polar surface area (TPSA) is 36.4 Å². The molecule has 0 atom stereocenters. The summed E-state index contributed by atoms with van der Waals surface area (Å²) in [5, 5.41) is 1.71. The lowest BCUT2D eigenvalue weighted by atomic mass is 10.2. The predicted molar refractivity (Wildman–Crippen MR) is 88.1 cm³/mol. The van der Waals surface area contributed by atoms with Crippen LogP contribution in [0.5, 0.6) is 0 Å². The number of piperazine rings is 1. The first kappa shape index (κ1) is 14.4. The molecule has 1 aromatic heterocycles. The van der Waals surface area contributed by atoms with Crippen LogP contribution in [0.4, 0.5) is 10.8 Å². The third-order valence-corrected chi connectivity index (χ3v) is 5.03. The number of aldehydes is 1. The molecule has 0 saturated carbocycles. The quantitative estimate of drug-likeness (QED) is 0.813. The van der Waals surface area contributed by atoms with Gasteiger partial charge in [0.1, 0.15) is 0 Å². The molecule has 0 N–H and O–H groups in total. The molecule has 1 aliphatic rings. The van der Waals surface area contributed by atoms with E-state index in [-0.39, 0.29) is 0 Å². The lowest BCUT2D eigenvalue weighted by Crippen LogP contribution is -2.46. The van der Waals surface area contributed by atoms with Gasteiger partial charge >= 0.3 is 0 Å². The van der Waals surface area contributed by atoms with Crippen molar-refractivity contribution in [3.05, 3.63) is 39.9 Å². The third-order valence-electron chi connectivity index (χ3n) is 3.65. The summed E-state index contributed by atoms with van der Waals surface area (Å²) in [5.41, 5.74) is 1.98. The van der Waals surface area contributed by atoms with Crippen LogP contribution in [0.15, 0.2) is 24.3 Å². The molecule has 0 aliphatic carbocycles. The van der Waals surface area contributed by atoms with Crippen LogP contribution in [-0.2, 0) is 0 Å². The number of rotatable bonds is 3. The lowest BCUT2D eigenvalue weighted by Gasteiger charge is -2.36. The van der Waals surface area contributed by atoms with Gasteiger partial charge in [-0.1, -0.05) is 29.0 Å². The molecular formula is C15H16ClN3OS. The van der Waals surface area contributed by atoms with Gasteiger partial charge in [-0.3, -0.25) is 4.79 Å². The van der Waals surface area contributed by atoms with E-state index in [4.69, 9.17) is 11.6 Å². The summed E-state index contributed by atoms with van der Waals surface area (Å²) in [7, 11) is 0. The highest BCUT2D eigenvalue weighted by atomic mass is 35.5. The highest BCUT2D eigenvalue weighted by Gasteiger charge is 2.20. The van der Waals surface area contributed by atoms with E-state index in [1.54, 1.807) is 0 Å². The molecule has 0 unspecified atom stereocenters. The summed E-state index contributed by atoms with van der Waals surface area (Å²) >= 11 is 7.52. The Bertz CT molecular complexity index is 650. The smallest absolute Gasteiger partial charge is 0.186 e. The van der Waals surface area contributed by atoms with Gasteiger partial charge in [0.25, 0.3) is 0 Å². The van der Waals surface area contributed by atoms with E-state index in [2.05, 4.69) is 20.9 Å². The van der Waals surface area contributed by atoms with Crippen LogP contribution in [-0.4, -0.2) is 37.4 Å². The number of carbonyl (C=O) groups is 1. The molecule has 0 radical (unpaired) electrons. The average Bonchev–Trinajstić information content (AvgIpc) is 2.88. The normalized spacial score (nSPS) is 15.3. The molecule has 1 fully saturated rings. The number of nitrogens with zero attached hydrogens (tertiary/aromatic N) is 3. The summed E-state index contributed by atoms with van der Waals surface area (Å²) in [4.78, 5) is 20.7. The summed E-state index contributed by atoms with van der Waals surface area (Å²) in [6.07, 6.45) is 0.888. The van der Waals surface area contributed by atoms with Crippen molar-refractivity contribution in [2.45, 2.75) is 6.92 Å². The molecule has 4 nitrogen and oxygen atoms in total. The van der Waals surface area contributed by atoms with Crippen LogP contribution in [0.1, 0.15) is 15.4 Å². The van der Waals surface area contributed by atoms with Crippen LogP contribution in [0.25, 0.3) is 0 Å². The molecule has 1 saturated heterocycles. The van der Waals surface area contributed by atoms with Crippen molar-refractivity contribution in [1.29, 1.82) is 0 Å². The number of hydrogen-bond acceptors (Lipinski definition) is 5. The molecule has 3 rings (SSSR count). The fourth-order valence-corrected chi connectivity index (χ4v) is 3.58. The van der Waals surface area contributed by atoms with Gasteiger partial charge in [0.2, 0.25) is 0 Å². The maximum absolute atomic E-state index is 10.9. The lowest BCUT2D eigenvalue weighted by molar-refractivity contribution is 0.112. The van der Waals surface area contributed by atoms with E-state index in [0.717, 1.165) is 58.9 Å². The molecule has 110 valence electrons. The molecular weight excluding hydrogens is 306 g/mol. The predicted octanol–water partition coefficient (Wildman–Crippen LogP) is 3.24. The molecule has 2 heterocycles. The van der Waals surface area contributed by atoms with E-state index in [1.807, 2.05) is 25.1 Å². The number of aryl methyl sites for hydroxylation is 1. The van der Waals surface area contributed by atoms with Gasteiger partial charge in [-0.25, -0.2) is 4.98 Å². The number of thiazole rings is 1. The van der Waals surface area contributed by atoms with Crippen LogP contribution in [0.3, 0.4) is 0 Å². The second kappa shape index (κ2) is 6.03. The van der Waals surface area contributed by atoms with Gasteiger partial charge in [0.05, 0.1) is 10.6 Å². The van der Waals surface area contributed by atoms with Crippen LogP contribution in [0, 0.1) is 6.92 Å². The maximum atomic E-state index is 10.9. The van der Waals surface area contributed by atoms with Gasteiger partial charge in [0.15, 0.2) is 11.4 Å². The Hall–Kier alpha value is -1.59. The highest BCUT2D eigenvalue weighted by molar-refractivity contribution is 7.17. The van der Waals surface area contributed by atoms with Gasteiger partial charge in [-0.2, -0.15) is 0 Å². The zero-order valence-electron chi connectivity index (χ0n) is 11.8. The molecule has 0 spiro atoms. The van der Waals surface area contributed by atoms with Crippen molar-refractivity contribution in [1.82, 2.24) is 4.98 Å². The van der Waals surface area contributed by atoms with Crippen molar-refractivity contribution >= 4 is 40.0 Å². The average molecular weight is 322 g/mol. The van der Waals surface area contributed by atoms with Crippen molar-refractivity contribution in [3.63, 3.8) is 0 Å². The Morgan fingerprint density at radius 3 is 2.57 bits per heavy atom. The van der Waals surface area contributed by atoms with Crippen LogP contribution < -0.4 is 9.80 Å². The molecule has 0 bridgehead atoms. The number of halogens is 1. The minimum Gasteiger partial charge on any atom is -0.368 e. The number of carbonyl (C=O) groups excluding carboxylic acids is 1. The van der Waals surface area contributed by atoms with Crippen molar-refractivity contribution in [2.24, 2.45) is 0 Å². The maximum Gasteiger partial charge on any atom is 0.186 e. The van der Waals surface area contributed by atoms with Crippen LogP contribution in [0.2, 0.25) is 5.02 Å². The fraction of sp³-hybridized carbons (Fsp3) is 0.333. The van der Waals surface area contributed by atoms with E-state index < -0.39 is 0 Å². The van der Waals surface area contributed by atoms with Crippen molar-refractivity contribution in [3.8, 4) is 0 Å². The summed E-state index contributed by atoms with van der Waals surface area (Å²) in [6.45, 7) is 5.53.